The van der Waals surface area contributed by atoms with E-state index in [1.807, 2.05) is 24.3 Å². The largest absolute Gasteiger partial charge is 0.434 e. The van der Waals surface area contributed by atoms with Gasteiger partial charge >= 0.3 is 6.18 Å². The second-order valence-corrected chi connectivity index (χ2v) is 7.66. The average molecular weight is 553 g/mol. The zero-order chi connectivity index (χ0) is 20.9. The molecule has 0 spiro atoms. The van der Waals surface area contributed by atoms with Crippen molar-refractivity contribution in [3.05, 3.63) is 45.9 Å². The molecule has 0 saturated heterocycles. The fourth-order valence-corrected chi connectivity index (χ4v) is 3.50. The van der Waals surface area contributed by atoms with E-state index in [0.717, 1.165) is 47.2 Å². The Morgan fingerprint density at radius 1 is 1.27 bits per heavy atom. The van der Waals surface area contributed by atoms with E-state index in [1.165, 1.54) is 0 Å². The van der Waals surface area contributed by atoms with Gasteiger partial charge < -0.3 is 16.0 Å². The molecule has 0 bridgehead atoms. The van der Waals surface area contributed by atoms with Crippen LogP contribution in [0.1, 0.15) is 35.5 Å². The van der Waals surface area contributed by atoms with E-state index >= 15 is 0 Å². The lowest BCUT2D eigenvalue weighted by Crippen LogP contribution is -2.36. The van der Waals surface area contributed by atoms with E-state index in [9.17, 15) is 18.0 Å². The summed E-state index contributed by atoms with van der Waals surface area (Å²) in [5.41, 5.74) is 0.794. The number of amides is 1. The standard InChI is InChI=1S/C19H22F3N5OS.HI/c1-23-18(25-10-16-27-15(11-29-16)19(20,21)22)24-9-12-4-2-7-14(8-12)26-17(28)13-5-3-6-13;/h2,4,7-8,11,13H,3,5-6,9-10H2,1H3,(H,26,28)(H2,23,24,25);1H. The molecule has 11 heteroatoms. The molecule has 1 aliphatic carbocycles. The van der Waals surface area contributed by atoms with E-state index < -0.39 is 11.9 Å². The number of aliphatic imine (C=N–C) groups is 1. The minimum absolute atomic E-state index is 0. The number of nitrogens with zero attached hydrogens (tertiary/aromatic N) is 2. The van der Waals surface area contributed by atoms with Gasteiger partial charge in [0.25, 0.3) is 0 Å². The summed E-state index contributed by atoms with van der Waals surface area (Å²) in [5, 5.41) is 10.3. The third-order valence-electron chi connectivity index (χ3n) is 4.60. The number of carbonyl (C=O) groups excluding carboxylic acids is 1. The molecule has 3 N–H and O–H groups in total. The molecule has 1 aliphatic rings. The van der Waals surface area contributed by atoms with Crippen LogP contribution in [0.5, 0.6) is 0 Å². The van der Waals surface area contributed by atoms with Crippen molar-refractivity contribution in [3.63, 3.8) is 0 Å². The van der Waals surface area contributed by atoms with Crippen LogP contribution in [0.3, 0.4) is 0 Å². The van der Waals surface area contributed by atoms with Crippen LogP contribution in [0.4, 0.5) is 18.9 Å². The van der Waals surface area contributed by atoms with E-state index in [-0.39, 0.29) is 42.3 Å². The maximum absolute atomic E-state index is 12.6. The van der Waals surface area contributed by atoms with Crippen LogP contribution in [-0.2, 0) is 24.1 Å². The molecular weight excluding hydrogens is 530 g/mol. The molecule has 0 radical (unpaired) electrons. The quantitative estimate of drug-likeness (QED) is 0.282. The summed E-state index contributed by atoms with van der Waals surface area (Å²) in [6, 6.07) is 7.49. The lowest BCUT2D eigenvalue weighted by atomic mass is 9.85. The van der Waals surface area contributed by atoms with Crippen LogP contribution < -0.4 is 16.0 Å². The number of hydrogen-bond acceptors (Lipinski definition) is 4. The highest BCUT2D eigenvalue weighted by atomic mass is 127. The van der Waals surface area contributed by atoms with Crippen molar-refractivity contribution in [3.8, 4) is 0 Å². The molecule has 1 aromatic heterocycles. The lowest BCUT2D eigenvalue weighted by Gasteiger charge is -2.24. The first-order valence-corrected chi connectivity index (χ1v) is 10.1. The molecule has 30 heavy (non-hydrogen) atoms. The van der Waals surface area contributed by atoms with Crippen molar-refractivity contribution in [1.82, 2.24) is 15.6 Å². The normalized spacial score (nSPS) is 14.5. The molecular formula is C19H23F3IN5OS. The number of hydrogen-bond donors (Lipinski definition) is 3. The maximum atomic E-state index is 12.6. The third-order valence-corrected chi connectivity index (χ3v) is 5.45. The van der Waals surface area contributed by atoms with Gasteiger partial charge in [-0.15, -0.1) is 35.3 Å². The number of benzene rings is 1. The van der Waals surface area contributed by atoms with Crippen LogP contribution in [-0.4, -0.2) is 23.9 Å². The minimum Gasteiger partial charge on any atom is -0.352 e. The van der Waals surface area contributed by atoms with Crippen LogP contribution in [0, 0.1) is 5.92 Å². The van der Waals surface area contributed by atoms with E-state index in [1.54, 1.807) is 7.05 Å². The van der Waals surface area contributed by atoms with Gasteiger partial charge in [0, 0.05) is 30.6 Å². The molecule has 1 fully saturated rings. The number of halogens is 4. The third kappa shape index (κ3) is 6.83. The lowest BCUT2D eigenvalue weighted by molar-refractivity contribution is -0.140. The zero-order valence-electron chi connectivity index (χ0n) is 16.3. The van der Waals surface area contributed by atoms with Crippen molar-refractivity contribution in [2.75, 3.05) is 12.4 Å². The summed E-state index contributed by atoms with van der Waals surface area (Å²) in [4.78, 5) is 19.7. The highest BCUT2D eigenvalue weighted by molar-refractivity contribution is 14.0. The average Bonchev–Trinajstić information content (AvgIpc) is 3.10. The highest BCUT2D eigenvalue weighted by Crippen LogP contribution is 2.30. The van der Waals surface area contributed by atoms with Crippen molar-refractivity contribution in [2.45, 2.75) is 38.5 Å². The number of aromatic nitrogens is 1. The topological polar surface area (TPSA) is 78.4 Å². The van der Waals surface area contributed by atoms with Crippen molar-refractivity contribution in [1.29, 1.82) is 0 Å². The second kappa shape index (κ2) is 10.9. The monoisotopic (exact) mass is 553 g/mol. The molecule has 6 nitrogen and oxygen atoms in total. The maximum Gasteiger partial charge on any atom is 0.434 e. The minimum atomic E-state index is -4.44. The summed E-state index contributed by atoms with van der Waals surface area (Å²) in [5.74, 6) is 0.613. The van der Waals surface area contributed by atoms with Gasteiger partial charge in [-0.25, -0.2) is 4.98 Å². The van der Waals surface area contributed by atoms with E-state index in [2.05, 4.69) is 25.9 Å². The molecule has 2 aromatic rings. The van der Waals surface area contributed by atoms with Gasteiger partial charge in [-0.3, -0.25) is 9.79 Å². The Morgan fingerprint density at radius 2 is 2.00 bits per heavy atom. The van der Waals surface area contributed by atoms with Crippen LogP contribution in [0.15, 0.2) is 34.6 Å². The second-order valence-electron chi connectivity index (χ2n) is 6.72. The van der Waals surface area contributed by atoms with E-state index in [4.69, 9.17) is 0 Å². The Labute approximate surface area is 193 Å². The summed E-state index contributed by atoms with van der Waals surface area (Å²) in [7, 11) is 1.58. The predicted octanol–water partition coefficient (Wildman–Crippen LogP) is 4.38. The first kappa shape index (κ1) is 24.4. The molecule has 3 rings (SSSR count). The predicted molar refractivity (Wildman–Crippen MR) is 122 cm³/mol. The van der Waals surface area contributed by atoms with Crippen LogP contribution >= 0.6 is 35.3 Å². The molecule has 1 heterocycles. The molecule has 0 aliphatic heterocycles. The summed E-state index contributed by atoms with van der Waals surface area (Å²) in [6.07, 6.45) is -1.45. The van der Waals surface area contributed by atoms with Crippen molar-refractivity contribution >= 4 is 52.9 Å². The van der Waals surface area contributed by atoms with Gasteiger partial charge in [0.15, 0.2) is 11.7 Å². The number of alkyl halides is 3. The van der Waals surface area contributed by atoms with Gasteiger partial charge in [-0.1, -0.05) is 18.6 Å². The fourth-order valence-electron chi connectivity index (χ4n) is 2.76. The van der Waals surface area contributed by atoms with E-state index in [0.29, 0.717) is 17.5 Å². The summed E-state index contributed by atoms with van der Waals surface area (Å²) in [6.45, 7) is 0.580. The fraction of sp³-hybridized carbons (Fsp3) is 0.421. The number of rotatable bonds is 6. The summed E-state index contributed by atoms with van der Waals surface area (Å²) >= 11 is 0.943. The number of thiazole rings is 1. The van der Waals surface area contributed by atoms with Gasteiger partial charge in [-0.05, 0) is 30.5 Å². The van der Waals surface area contributed by atoms with Crippen molar-refractivity contribution < 1.29 is 18.0 Å². The molecule has 0 atom stereocenters. The first-order chi connectivity index (χ1) is 13.8. The molecule has 1 aromatic carbocycles. The van der Waals surface area contributed by atoms with Gasteiger partial charge in [-0.2, -0.15) is 13.2 Å². The number of nitrogens with one attached hydrogen (secondary N) is 3. The Bertz CT molecular complexity index is 883. The highest BCUT2D eigenvalue weighted by Gasteiger charge is 2.33. The zero-order valence-corrected chi connectivity index (χ0v) is 19.4. The Balaban J connectivity index is 0.00000320. The van der Waals surface area contributed by atoms with Crippen LogP contribution in [0.2, 0.25) is 0 Å². The first-order valence-electron chi connectivity index (χ1n) is 9.21. The van der Waals surface area contributed by atoms with Gasteiger partial charge in [0.1, 0.15) is 5.01 Å². The number of guanidine groups is 1. The SMILES string of the molecule is CN=C(NCc1cccc(NC(=O)C2CCC2)c1)NCc1nc(C(F)(F)F)cs1.I. The smallest absolute Gasteiger partial charge is 0.352 e. The molecule has 1 amide bonds. The van der Waals surface area contributed by atoms with Crippen molar-refractivity contribution in [2.24, 2.45) is 10.9 Å². The van der Waals surface area contributed by atoms with Gasteiger partial charge in [0.2, 0.25) is 5.91 Å². The van der Waals surface area contributed by atoms with Gasteiger partial charge in [0.05, 0.1) is 6.54 Å². The summed E-state index contributed by atoms with van der Waals surface area (Å²) < 4.78 is 37.8. The number of anilines is 1. The Kier molecular flexibility index (Phi) is 8.89. The molecule has 0 unspecified atom stereocenters. The van der Waals surface area contributed by atoms with Crippen LogP contribution in [0.25, 0.3) is 0 Å². The molecule has 1 saturated carbocycles. The number of carbonyl (C=O) groups is 1. The Morgan fingerprint density at radius 3 is 2.60 bits per heavy atom. The Hall–Kier alpha value is -1.89. The molecule has 164 valence electrons.